The molecule has 0 atom stereocenters. The van der Waals surface area contributed by atoms with Gasteiger partial charge in [0.2, 0.25) is 0 Å². The number of halogens is 1. The maximum Gasteiger partial charge on any atom is 0.182 e. The third kappa shape index (κ3) is 1.81. The normalized spacial score (nSPS) is 11.1. The SMILES string of the molecule is CC(C)c1nc(-c2csc(Cl)c2)n[nH]1. The molecule has 0 spiro atoms. The lowest BCUT2D eigenvalue weighted by atomic mass is 10.2. The van der Waals surface area contributed by atoms with Crippen LogP contribution in [-0.2, 0) is 0 Å². The summed E-state index contributed by atoms with van der Waals surface area (Å²) >= 11 is 7.32. The molecule has 14 heavy (non-hydrogen) atoms. The van der Waals surface area contributed by atoms with Gasteiger partial charge in [0, 0.05) is 16.9 Å². The van der Waals surface area contributed by atoms with Crippen LogP contribution in [0.3, 0.4) is 0 Å². The molecule has 0 aliphatic heterocycles. The molecule has 2 aromatic heterocycles. The second-order valence-electron chi connectivity index (χ2n) is 3.34. The van der Waals surface area contributed by atoms with Gasteiger partial charge in [-0.15, -0.1) is 11.3 Å². The molecule has 0 aliphatic carbocycles. The Hall–Kier alpha value is -0.870. The zero-order valence-electron chi connectivity index (χ0n) is 7.91. The van der Waals surface area contributed by atoms with Crippen molar-refractivity contribution < 1.29 is 0 Å². The second kappa shape index (κ2) is 3.71. The number of hydrogen-bond acceptors (Lipinski definition) is 3. The molecule has 0 aliphatic rings. The molecule has 0 fully saturated rings. The van der Waals surface area contributed by atoms with E-state index in [1.165, 1.54) is 11.3 Å². The fourth-order valence-corrected chi connectivity index (χ4v) is 1.95. The van der Waals surface area contributed by atoms with Gasteiger partial charge in [0.1, 0.15) is 5.82 Å². The van der Waals surface area contributed by atoms with Gasteiger partial charge in [-0.25, -0.2) is 4.98 Å². The van der Waals surface area contributed by atoms with Crippen LogP contribution in [-0.4, -0.2) is 15.2 Å². The minimum absolute atomic E-state index is 0.366. The van der Waals surface area contributed by atoms with Gasteiger partial charge in [-0.1, -0.05) is 25.4 Å². The largest absolute Gasteiger partial charge is 0.262 e. The van der Waals surface area contributed by atoms with E-state index in [2.05, 4.69) is 29.0 Å². The van der Waals surface area contributed by atoms with Gasteiger partial charge >= 0.3 is 0 Å². The molecule has 0 saturated carbocycles. The fraction of sp³-hybridized carbons (Fsp3) is 0.333. The Kier molecular flexibility index (Phi) is 2.56. The Morgan fingerprint density at radius 2 is 2.29 bits per heavy atom. The van der Waals surface area contributed by atoms with Gasteiger partial charge in [-0.2, -0.15) is 5.10 Å². The third-order valence-corrected chi connectivity index (χ3v) is 2.97. The van der Waals surface area contributed by atoms with Crippen LogP contribution in [0.25, 0.3) is 11.4 Å². The van der Waals surface area contributed by atoms with Crippen molar-refractivity contribution in [2.45, 2.75) is 19.8 Å². The molecule has 2 rings (SSSR count). The van der Waals surface area contributed by atoms with Crippen molar-refractivity contribution in [3.63, 3.8) is 0 Å². The Morgan fingerprint density at radius 1 is 1.50 bits per heavy atom. The van der Waals surface area contributed by atoms with E-state index < -0.39 is 0 Å². The Labute approximate surface area is 91.1 Å². The van der Waals surface area contributed by atoms with E-state index >= 15 is 0 Å². The lowest BCUT2D eigenvalue weighted by Gasteiger charge is -1.94. The highest BCUT2D eigenvalue weighted by molar-refractivity contribution is 7.14. The highest BCUT2D eigenvalue weighted by Gasteiger charge is 2.09. The van der Waals surface area contributed by atoms with Gasteiger partial charge in [-0.3, -0.25) is 5.10 Å². The van der Waals surface area contributed by atoms with Crippen molar-refractivity contribution in [3.8, 4) is 11.4 Å². The molecule has 0 aromatic carbocycles. The van der Waals surface area contributed by atoms with Crippen molar-refractivity contribution in [2.24, 2.45) is 0 Å². The number of hydrogen-bond donors (Lipinski definition) is 1. The summed E-state index contributed by atoms with van der Waals surface area (Å²) < 4.78 is 0.760. The molecular formula is C9H10ClN3S. The zero-order chi connectivity index (χ0) is 10.1. The van der Waals surface area contributed by atoms with E-state index in [0.717, 1.165) is 21.5 Å². The van der Waals surface area contributed by atoms with Crippen LogP contribution in [0.1, 0.15) is 25.6 Å². The molecule has 3 nitrogen and oxygen atoms in total. The molecule has 0 unspecified atom stereocenters. The topological polar surface area (TPSA) is 41.6 Å². The van der Waals surface area contributed by atoms with E-state index in [0.29, 0.717) is 5.92 Å². The molecule has 5 heteroatoms. The number of aromatic nitrogens is 3. The van der Waals surface area contributed by atoms with Crippen LogP contribution in [0, 0.1) is 0 Å². The van der Waals surface area contributed by atoms with E-state index in [4.69, 9.17) is 11.6 Å². The first-order valence-electron chi connectivity index (χ1n) is 4.33. The van der Waals surface area contributed by atoms with Gasteiger partial charge in [0.15, 0.2) is 5.82 Å². The number of thiophene rings is 1. The lowest BCUT2D eigenvalue weighted by molar-refractivity contribution is 0.781. The summed E-state index contributed by atoms with van der Waals surface area (Å²) in [4.78, 5) is 4.37. The van der Waals surface area contributed by atoms with Crippen molar-refractivity contribution >= 4 is 22.9 Å². The van der Waals surface area contributed by atoms with Crippen LogP contribution >= 0.6 is 22.9 Å². The summed E-state index contributed by atoms with van der Waals surface area (Å²) in [6.07, 6.45) is 0. The average Bonchev–Trinajstić information content (AvgIpc) is 2.70. The maximum absolute atomic E-state index is 5.83. The molecule has 0 saturated heterocycles. The number of nitrogens with zero attached hydrogens (tertiary/aromatic N) is 2. The molecule has 2 aromatic rings. The molecular weight excluding hydrogens is 218 g/mol. The maximum atomic E-state index is 5.83. The van der Waals surface area contributed by atoms with Gasteiger partial charge < -0.3 is 0 Å². The zero-order valence-corrected chi connectivity index (χ0v) is 9.49. The molecule has 0 amide bonds. The second-order valence-corrected chi connectivity index (χ2v) is 4.88. The first-order chi connectivity index (χ1) is 6.66. The van der Waals surface area contributed by atoms with E-state index in [1.807, 2.05) is 11.4 Å². The van der Waals surface area contributed by atoms with Crippen LogP contribution in [0.5, 0.6) is 0 Å². The molecule has 0 bridgehead atoms. The average molecular weight is 228 g/mol. The summed E-state index contributed by atoms with van der Waals surface area (Å²) in [6.45, 7) is 4.15. The third-order valence-electron chi connectivity index (χ3n) is 1.88. The van der Waals surface area contributed by atoms with Crippen molar-refractivity contribution in [3.05, 3.63) is 21.6 Å². The summed E-state index contributed by atoms with van der Waals surface area (Å²) in [5, 5.41) is 9.00. The van der Waals surface area contributed by atoms with E-state index in [-0.39, 0.29) is 0 Å². The van der Waals surface area contributed by atoms with E-state index in [9.17, 15) is 0 Å². The van der Waals surface area contributed by atoms with E-state index in [1.54, 1.807) is 0 Å². The molecule has 74 valence electrons. The summed E-state index contributed by atoms with van der Waals surface area (Å²) in [5.74, 6) is 1.99. The first kappa shape index (κ1) is 9.68. The number of aromatic amines is 1. The van der Waals surface area contributed by atoms with Crippen molar-refractivity contribution in [1.29, 1.82) is 0 Å². The quantitative estimate of drug-likeness (QED) is 0.855. The number of H-pyrrole nitrogens is 1. The van der Waals surface area contributed by atoms with Crippen LogP contribution < -0.4 is 0 Å². The summed E-state index contributed by atoms with van der Waals surface area (Å²) in [5.41, 5.74) is 0.975. The Morgan fingerprint density at radius 3 is 2.79 bits per heavy atom. The van der Waals surface area contributed by atoms with Crippen molar-refractivity contribution in [1.82, 2.24) is 15.2 Å². The first-order valence-corrected chi connectivity index (χ1v) is 5.59. The summed E-state index contributed by atoms with van der Waals surface area (Å²) in [7, 11) is 0. The standard InChI is InChI=1S/C9H10ClN3S/c1-5(2)8-11-9(13-12-8)6-3-7(10)14-4-6/h3-5H,1-2H3,(H,11,12,13). The Bertz CT molecular complexity index is 433. The van der Waals surface area contributed by atoms with Gasteiger partial charge in [0.25, 0.3) is 0 Å². The van der Waals surface area contributed by atoms with Gasteiger partial charge in [-0.05, 0) is 6.07 Å². The predicted molar refractivity (Wildman–Crippen MR) is 58.8 cm³/mol. The monoisotopic (exact) mass is 227 g/mol. The summed E-state index contributed by atoms with van der Waals surface area (Å²) in [6, 6.07) is 1.87. The van der Waals surface area contributed by atoms with Crippen LogP contribution in [0.4, 0.5) is 0 Å². The van der Waals surface area contributed by atoms with Gasteiger partial charge in [0.05, 0.1) is 4.34 Å². The highest BCUT2D eigenvalue weighted by atomic mass is 35.5. The molecule has 1 N–H and O–H groups in total. The van der Waals surface area contributed by atoms with Crippen molar-refractivity contribution in [2.75, 3.05) is 0 Å². The fourth-order valence-electron chi connectivity index (χ4n) is 1.09. The van der Waals surface area contributed by atoms with Crippen LogP contribution in [0.2, 0.25) is 4.34 Å². The minimum atomic E-state index is 0.366. The molecule has 2 heterocycles. The smallest absolute Gasteiger partial charge is 0.182 e. The predicted octanol–water partition coefficient (Wildman–Crippen LogP) is 3.31. The number of rotatable bonds is 2. The number of nitrogens with one attached hydrogen (secondary N) is 1. The Balaban J connectivity index is 2.33. The molecule has 0 radical (unpaired) electrons. The lowest BCUT2D eigenvalue weighted by Crippen LogP contribution is -1.89. The van der Waals surface area contributed by atoms with Crippen LogP contribution in [0.15, 0.2) is 11.4 Å². The minimum Gasteiger partial charge on any atom is -0.262 e. The highest BCUT2D eigenvalue weighted by Crippen LogP contribution is 2.26.